The maximum atomic E-state index is 13.3. The van der Waals surface area contributed by atoms with Crippen LogP contribution in [-0.4, -0.2) is 51.2 Å². The van der Waals surface area contributed by atoms with Crippen molar-refractivity contribution in [3.8, 4) is 11.5 Å². The van der Waals surface area contributed by atoms with Crippen molar-refractivity contribution < 1.29 is 14.6 Å². The normalized spacial score (nSPS) is 15.9. The van der Waals surface area contributed by atoms with Crippen LogP contribution in [0.2, 0.25) is 0 Å². The minimum atomic E-state index is -0.444. The van der Waals surface area contributed by atoms with Crippen LogP contribution in [-0.2, 0) is 20.1 Å². The molecule has 4 rings (SSSR count). The van der Waals surface area contributed by atoms with Gasteiger partial charge in [0.25, 0.3) is 5.56 Å². The molecule has 1 aliphatic rings. The highest BCUT2D eigenvalue weighted by molar-refractivity contribution is 5.78. The molecule has 10 nitrogen and oxygen atoms in total. The molecule has 0 radical (unpaired) electrons. The van der Waals surface area contributed by atoms with Crippen LogP contribution < -0.4 is 25.6 Å². The van der Waals surface area contributed by atoms with Crippen LogP contribution in [0, 0.1) is 5.92 Å². The van der Waals surface area contributed by atoms with E-state index in [4.69, 9.17) is 19.6 Å². The first-order valence-electron chi connectivity index (χ1n) is 10.2. The van der Waals surface area contributed by atoms with Gasteiger partial charge in [-0.05, 0) is 24.5 Å². The van der Waals surface area contributed by atoms with Gasteiger partial charge >= 0.3 is 5.69 Å². The molecule has 0 unspecified atom stereocenters. The summed E-state index contributed by atoms with van der Waals surface area (Å²) in [4.78, 5) is 32.7. The van der Waals surface area contributed by atoms with E-state index in [1.807, 2.05) is 27.7 Å². The second-order valence-electron chi connectivity index (χ2n) is 7.82. The summed E-state index contributed by atoms with van der Waals surface area (Å²) in [5, 5.41) is 9.16. The molecule has 31 heavy (non-hydrogen) atoms. The predicted octanol–water partition coefficient (Wildman–Crippen LogP) is 1.08. The summed E-state index contributed by atoms with van der Waals surface area (Å²) in [5.41, 5.74) is 0.659. The number of aliphatic hydroxyl groups excluding tert-OH is 1. The number of hydrogen-bond acceptors (Lipinski definition) is 7. The zero-order valence-corrected chi connectivity index (χ0v) is 18.2. The van der Waals surface area contributed by atoms with Crippen LogP contribution in [0.3, 0.4) is 0 Å². The number of anilines is 2. The maximum absolute atomic E-state index is 13.3. The third kappa shape index (κ3) is 3.36. The van der Waals surface area contributed by atoms with E-state index in [1.165, 1.54) is 9.13 Å². The number of methoxy groups -OCH3 is 2. The lowest BCUT2D eigenvalue weighted by atomic mass is 10.1. The molecule has 0 bridgehead atoms. The number of aliphatic hydroxyl groups is 1. The first-order chi connectivity index (χ1) is 14.9. The number of imidazole rings is 1. The zero-order valence-electron chi connectivity index (χ0n) is 18.2. The molecule has 0 fully saturated rings. The van der Waals surface area contributed by atoms with Crippen molar-refractivity contribution in [1.82, 2.24) is 18.7 Å². The third-order valence-corrected chi connectivity index (χ3v) is 5.66. The molecule has 0 saturated heterocycles. The average molecular weight is 429 g/mol. The zero-order chi connectivity index (χ0) is 22.3. The molecule has 3 aromatic rings. The van der Waals surface area contributed by atoms with Crippen LogP contribution in [0.25, 0.3) is 11.2 Å². The molecule has 1 N–H and O–H groups in total. The lowest BCUT2D eigenvalue weighted by Crippen LogP contribution is -2.40. The molecule has 1 aliphatic heterocycles. The molecule has 3 heterocycles. The SMILES string of the molecule is COc1ccc(OC)c(N2C[C@H](C)Cn3c2nc2c3c(=O)n(CCCO)c(=O)n2C)c1. The summed E-state index contributed by atoms with van der Waals surface area (Å²) in [6, 6.07) is 5.53. The van der Waals surface area contributed by atoms with E-state index >= 15 is 0 Å². The Bertz CT molecular complexity index is 1240. The van der Waals surface area contributed by atoms with E-state index in [1.54, 1.807) is 21.3 Å². The van der Waals surface area contributed by atoms with Gasteiger partial charge in [0.15, 0.2) is 11.2 Å². The lowest BCUT2D eigenvalue weighted by Gasteiger charge is -2.33. The first kappa shape index (κ1) is 21.0. The van der Waals surface area contributed by atoms with Crippen molar-refractivity contribution in [2.24, 2.45) is 13.0 Å². The molecule has 0 aliphatic carbocycles. The van der Waals surface area contributed by atoms with Gasteiger partial charge in [-0.15, -0.1) is 0 Å². The Labute approximate surface area is 178 Å². The van der Waals surface area contributed by atoms with Crippen LogP contribution in [0.4, 0.5) is 11.6 Å². The van der Waals surface area contributed by atoms with E-state index in [0.29, 0.717) is 48.1 Å². The summed E-state index contributed by atoms with van der Waals surface area (Å²) in [7, 11) is 4.81. The van der Waals surface area contributed by atoms with E-state index in [9.17, 15) is 9.59 Å². The number of aromatic nitrogens is 4. The van der Waals surface area contributed by atoms with Gasteiger partial charge in [0.05, 0.1) is 19.9 Å². The molecular weight excluding hydrogens is 402 g/mol. The molecular formula is C21H27N5O5. The number of benzene rings is 1. The van der Waals surface area contributed by atoms with E-state index in [2.05, 4.69) is 6.92 Å². The molecule has 1 aromatic carbocycles. The molecule has 0 saturated carbocycles. The van der Waals surface area contributed by atoms with Crippen molar-refractivity contribution in [2.75, 3.05) is 32.3 Å². The van der Waals surface area contributed by atoms with Crippen molar-refractivity contribution >= 4 is 22.8 Å². The van der Waals surface area contributed by atoms with Gasteiger partial charge in [0.1, 0.15) is 11.5 Å². The van der Waals surface area contributed by atoms with Crippen molar-refractivity contribution in [1.29, 1.82) is 0 Å². The highest BCUT2D eigenvalue weighted by Crippen LogP contribution is 2.39. The summed E-state index contributed by atoms with van der Waals surface area (Å²) in [5.74, 6) is 2.12. The average Bonchev–Trinajstić information content (AvgIpc) is 3.16. The fourth-order valence-corrected chi connectivity index (χ4v) is 4.14. The van der Waals surface area contributed by atoms with Gasteiger partial charge in [-0.2, -0.15) is 4.98 Å². The second kappa shape index (κ2) is 8.10. The quantitative estimate of drug-likeness (QED) is 0.625. The number of rotatable bonds is 6. The number of fused-ring (bicyclic) bond motifs is 3. The second-order valence-corrected chi connectivity index (χ2v) is 7.82. The van der Waals surface area contributed by atoms with Gasteiger partial charge in [0.2, 0.25) is 5.95 Å². The summed E-state index contributed by atoms with van der Waals surface area (Å²) in [6.07, 6.45) is 0.325. The minimum Gasteiger partial charge on any atom is -0.497 e. The molecule has 0 amide bonds. The Morgan fingerprint density at radius 2 is 1.97 bits per heavy atom. The Morgan fingerprint density at radius 1 is 1.19 bits per heavy atom. The largest absolute Gasteiger partial charge is 0.497 e. The van der Waals surface area contributed by atoms with Crippen molar-refractivity contribution in [3.63, 3.8) is 0 Å². The predicted molar refractivity (Wildman–Crippen MR) is 117 cm³/mol. The Kier molecular flexibility index (Phi) is 5.48. The molecule has 10 heteroatoms. The Balaban J connectivity index is 1.99. The molecule has 0 spiro atoms. The van der Waals surface area contributed by atoms with Crippen LogP contribution in [0.5, 0.6) is 11.5 Å². The topological polar surface area (TPSA) is 104 Å². The maximum Gasteiger partial charge on any atom is 0.332 e. The highest BCUT2D eigenvalue weighted by atomic mass is 16.5. The van der Waals surface area contributed by atoms with Crippen LogP contribution in [0.1, 0.15) is 13.3 Å². The fourth-order valence-electron chi connectivity index (χ4n) is 4.14. The van der Waals surface area contributed by atoms with Gasteiger partial charge < -0.3 is 24.0 Å². The Morgan fingerprint density at radius 3 is 2.65 bits per heavy atom. The van der Waals surface area contributed by atoms with Crippen LogP contribution in [0.15, 0.2) is 27.8 Å². The Hall–Kier alpha value is -3.27. The third-order valence-electron chi connectivity index (χ3n) is 5.66. The lowest BCUT2D eigenvalue weighted by molar-refractivity contribution is 0.277. The van der Waals surface area contributed by atoms with Gasteiger partial charge in [-0.1, -0.05) is 6.92 Å². The van der Waals surface area contributed by atoms with Gasteiger partial charge in [-0.25, -0.2) is 4.79 Å². The summed E-state index contributed by atoms with van der Waals surface area (Å²) >= 11 is 0. The molecule has 1 atom stereocenters. The first-order valence-corrected chi connectivity index (χ1v) is 10.2. The van der Waals surface area contributed by atoms with E-state index < -0.39 is 11.2 Å². The monoisotopic (exact) mass is 429 g/mol. The molecule has 2 aromatic heterocycles. The number of aryl methyl sites for hydroxylation is 1. The summed E-state index contributed by atoms with van der Waals surface area (Å²) in [6.45, 7) is 3.42. The number of ether oxygens (including phenoxy) is 2. The van der Waals surface area contributed by atoms with Crippen molar-refractivity contribution in [3.05, 3.63) is 39.0 Å². The van der Waals surface area contributed by atoms with E-state index in [0.717, 1.165) is 5.69 Å². The standard InChI is InChI=1S/C21H27N5O5/c1-13-11-25(15-10-14(30-3)6-7-16(15)31-4)20-22-18-17(26(20)12-13)19(28)24(8-5-9-27)21(29)23(18)2/h6-7,10,13,27H,5,8-9,11-12H2,1-4H3/t13-/m0/s1. The number of hydrogen-bond donors (Lipinski definition) is 1. The van der Waals surface area contributed by atoms with Crippen molar-refractivity contribution in [2.45, 2.75) is 26.4 Å². The fraction of sp³-hybridized carbons (Fsp3) is 0.476. The van der Waals surface area contributed by atoms with E-state index in [-0.39, 0.29) is 19.1 Å². The van der Waals surface area contributed by atoms with Gasteiger partial charge in [-0.3, -0.25) is 13.9 Å². The van der Waals surface area contributed by atoms with Crippen LogP contribution >= 0.6 is 0 Å². The highest BCUT2D eigenvalue weighted by Gasteiger charge is 2.31. The number of nitrogens with zero attached hydrogens (tertiary/aromatic N) is 5. The minimum absolute atomic E-state index is 0.0986. The molecule has 166 valence electrons. The summed E-state index contributed by atoms with van der Waals surface area (Å²) < 4.78 is 15.4. The van der Waals surface area contributed by atoms with Gasteiger partial charge in [0, 0.05) is 39.4 Å². The smallest absolute Gasteiger partial charge is 0.332 e.